The van der Waals surface area contributed by atoms with Crippen molar-refractivity contribution in [1.29, 1.82) is 0 Å². The van der Waals surface area contributed by atoms with E-state index in [0.29, 0.717) is 13.2 Å². The molecule has 0 aromatic rings. The molecule has 2 fully saturated rings. The molecule has 0 unspecified atom stereocenters. The summed E-state index contributed by atoms with van der Waals surface area (Å²) in [6.07, 6.45) is 4.55. The van der Waals surface area contributed by atoms with Crippen molar-refractivity contribution in [3.63, 3.8) is 0 Å². The van der Waals surface area contributed by atoms with Gasteiger partial charge in [-0.1, -0.05) is 0 Å². The average Bonchev–Trinajstić information content (AvgIpc) is 2.23. The second-order valence-electron chi connectivity index (χ2n) is 4.21. The predicted octanol–water partition coefficient (Wildman–Crippen LogP) is 1.63. The quantitative estimate of drug-likeness (QED) is 0.622. The van der Waals surface area contributed by atoms with E-state index in [9.17, 15) is 4.79 Å². The molecule has 4 heteroatoms. The molecule has 0 aromatic carbocycles. The Hall–Kier alpha value is -0.610. The van der Waals surface area contributed by atoms with Crippen LogP contribution in [0.4, 0.5) is 0 Å². The Labute approximate surface area is 89.9 Å². The third kappa shape index (κ3) is 2.32. The fourth-order valence-corrected chi connectivity index (χ4v) is 2.33. The Bertz CT molecular complexity index is 224. The SMILES string of the molecule is CC(=O)O[C@H]1CCCO[C@@]12CCCCO2. The Morgan fingerprint density at radius 1 is 1.27 bits per heavy atom. The van der Waals surface area contributed by atoms with Gasteiger partial charge in [0.15, 0.2) is 6.10 Å². The van der Waals surface area contributed by atoms with E-state index in [1.807, 2.05) is 0 Å². The first kappa shape index (κ1) is 10.9. The summed E-state index contributed by atoms with van der Waals surface area (Å²) in [7, 11) is 0. The maximum atomic E-state index is 11.0. The van der Waals surface area contributed by atoms with Crippen LogP contribution in [0.5, 0.6) is 0 Å². The summed E-state index contributed by atoms with van der Waals surface area (Å²) in [5, 5.41) is 0. The summed E-state index contributed by atoms with van der Waals surface area (Å²) in [4.78, 5) is 11.0. The first-order valence-corrected chi connectivity index (χ1v) is 5.68. The van der Waals surface area contributed by atoms with E-state index in [1.54, 1.807) is 0 Å². The van der Waals surface area contributed by atoms with Crippen molar-refractivity contribution in [3.8, 4) is 0 Å². The molecule has 0 bridgehead atoms. The lowest BCUT2D eigenvalue weighted by atomic mass is 9.94. The van der Waals surface area contributed by atoms with E-state index in [4.69, 9.17) is 14.2 Å². The van der Waals surface area contributed by atoms with E-state index >= 15 is 0 Å². The van der Waals surface area contributed by atoms with Gasteiger partial charge in [0.2, 0.25) is 5.79 Å². The van der Waals surface area contributed by atoms with Crippen LogP contribution in [-0.4, -0.2) is 31.1 Å². The largest absolute Gasteiger partial charge is 0.457 e. The molecular formula is C11H18O4. The molecular weight excluding hydrogens is 196 g/mol. The van der Waals surface area contributed by atoms with Crippen LogP contribution in [0.3, 0.4) is 0 Å². The molecule has 2 aliphatic rings. The molecule has 0 aromatic heterocycles. The van der Waals surface area contributed by atoms with Crippen LogP contribution in [0.1, 0.15) is 39.0 Å². The maximum Gasteiger partial charge on any atom is 0.303 e. The average molecular weight is 214 g/mol. The minimum atomic E-state index is -0.637. The van der Waals surface area contributed by atoms with Crippen molar-refractivity contribution in [2.75, 3.05) is 13.2 Å². The summed E-state index contributed by atoms with van der Waals surface area (Å²) < 4.78 is 16.7. The van der Waals surface area contributed by atoms with Gasteiger partial charge in [0.25, 0.3) is 0 Å². The second-order valence-corrected chi connectivity index (χ2v) is 4.21. The van der Waals surface area contributed by atoms with Gasteiger partial charge in [0.1, 0.15) is 0 Å². The van der Waals surface area contributed by atoms with Gasteiger partial charge >= 0.3 is 5.97 Å². The number of carbonyl (C=O) groups is 1. The van der Waals surface area contributed by atoms with Crippen LogP contribution in [0.25, 0.3) is 0 Å². The number of hydrogen-bond donors (Lipinski definition) is 0. The fraction of sp³-hybridized carbons (Fsp3) is 0.909. The van der Waals surface area contributed by atoms with Crippen molar-refractivity contribution in [3.05, 3.63) is 0 Å². The Kier molecular flexibility index (Phi) is 3.26. The third-order valence-corrected chi connectivity index (χ3v) is 3.02. The van der Waals surface area contributed by atoms with Crippen molar-refractivity contribution in [2.24, 2.45) is 0 Å². The summed E-state index contributed by atoms with van der Waals surface area (Å²) in [5.41, 5.74) is 0. The van der Waals surface area contributed by atoms with Crippen molar-refractivity contribution in [1.82, 2.24) is 0 Å². The van der Waals surface area contributed by atoms with Gasteiger partial charge in [-0.05, 0) is 25.7 Å². The van der Waals surface area contributed by atoms with Gasteiger partial charge in [-0.3, -0.25) is 4.79 Å². The first-order chi connectivity index (χ1) is 7.23. The molecule has 2 aliphatic heterocycles. The standard InChI is InChI=1S/C11H18O4/c1-9(12)15-10-5-4-8-14-11(10)6-2-3-7-13-11/h10H,2-8H2,1H3/t10-,11-/m0/s1. The van der Waals surface area contributed by atoms with Crippen LogP contribution >= 0.6 is 0 Å². The predicted molar refractivity (Wildman–Crippen MR) is 53.3 cm³/mol. The molecule has 4 nitrogen and oxygen atoms in total. The summed E-state index contributed by atoms with van der Waals surface area (Å²) in [6, 6.07) is 0. The molecule has 1 spiro atoms. The normalized spacial score (nSPS) is 36.5. The van der Waals surface area contributed by atoms with Crippen LogP contribution in [-0.2, 0) is 19.0 Å². The topological polar surface area (TPSA) is 44.8 Å². The van der Waals surface area contributed by atoms with E-state index in [0.717, 1.165) is 32.1 Å². The Morgan fingerprint density at radius 3 is 2.67 bits per heavy atom. The molecule has 86 valence electrons. The number of hydrogen-bond acceptors (Lipinski definition) is 4. The molecule has 0 amide bonds. The maximum absolute atomic E-state index is 11.0. The molecule has 0 radical (unpaired) electrons. The molecule has 0 aliphatic carbocycles. The molecule has 2 heterocycles. The molecule has 0 saturated carbocycles. The summed E-state index contributed by atoms with van der Waals surface area (Å²) in [5.74, 6) is -0.888. The zero-order valence-electron chi connectivity index (χ0n) is 9.16. The number of rotatable bonds is 1. The van der Waals surface area contributed by atoms with Crippen LogP contribution < -0.4 is 0 Å². The first-order valence-electron chi connectivity index (χ1n) is 5.68. The Morgan fingerprint density at radius 2 is 2.00 bits per heavy atom. The highest BCUT2D eigenvalue weighted by Gasteiger charge is 2.46. The van der Waals surface area contributed by atoms with Gasteiger partial charge in [-0.25, -0.2) is 0 Å². The van der Waals surface area contributed by atoms with Crippen LogP contribution in [0, 0.1) is 0 Å². The van der Waals surface area contributed by atoms with Crippen molar-refractivity contribution >= 4 is 5.97 Å². The molecule has 2 rings (SSSR count). The highest BCUT2D eigenvalue weighted by Crippen LogP contribution is 2.36. The van der Waals surface area contributed by atoms with Crippen LogP contribution in [0.2, 0.25) is 0 Å². The zero-order valence-corrected chi connectivity index (χ0v) is 9.16. The lowest BCUT2D eigenvalue weighted by Crippen LogP contribution is -2.53. The molecule has 15 heavy (non-hydrogen) atoms. The smallest absolute Gasteiger partial charge is 0.303 e. The van der Waals surface area contributed by atoms with Gasteiger partial charge in [-0.2, -0.15) is 0 Å². The number of esters is 1. The van der Waals surface area contributed by atoms with E-state index < -0.39 is 5.79 Å². The van der Waals surface area contributed by atoms with Crippen LogP contribution in [0.15, 0.2) is 0 Å². The van der Waals surface area contributed by atoms with Crippen molar-refractivity contribution < 1.29 is 19.0 Å². The minimum Gasteiger partial charge on any atom is -0.457 e. The van der Waals surface area contributed by atoms with Gasteiger partial charge in [-0.15, -0.1) is 0 Å². The van der Waals surface area contributed by atoms with E-state index in [2.05, 4.69) is 0 Å². The molecule has 2 atom stereocenters. The third-order valence-electron chi connectivity index (χ3n) is 3.02. The van der Waals surface area contributed by atoms with Gasteiger partial charge in [0.05, 0.1) is 13.2 Å². The highest BCUT2D eigenvalue weighted by atomic mass is 16.7. The minimum absolute atomic E-state index is 0.218. The van der Waals surface area contributed by atoms with Gasteiger partial charge < -0.3 is 14.2 Å². The molecule has 0 N–H and O–H groups in total. The highest BCUT2D eigenvalue weighted by molar-refractivity contribution is 5.66. The van der Waals surface area contributed by atoms with E-state index in [1.165, 1.54) is 6.92 Å². The lowest BCUT2D eigenvalue weighted by Gasteiger charge is -2.44. The summed E-state index contributed by atoms with van der Waals surface area (Å²) in [6.45, 7) is 2.85. The summed E-state index contributed by atoms with van der Waals surface area (Å²) >= 11 is 0. The van der Waals surface area contributed by atoms with Gasteiger partial charge in [0, 0.05) is 13.3 Å². The zero-order chi connectivity index (χ0) is 10.7. The number of ether oxygens (including phenoxy) is 3. The number of carbonyl (C=O) groups excluding carboxylic acids is 1. The monoisotopic (exact) mass is 214 g/mol. The lowest BCUT2D eigenvalue weighted by molar-refractivity contribution is -0.316. The molecule has 2 saturated heterocycles. The fourth-order valence-electron chi connectivity index (χ4n) is 2.33. The Balaban J connectivity index is 2.06. The van der Waals surface area contributed by atoms with E-state index in [-0.39, 0.29) is 12.1 Å². The second kappa shape index (κ2) is 4.49. The van der Waals surface area contributed by atoms with Crippen molar-refractivity contribution in [2.45, 2.75) is 50.9 Å².